The molecule has 0 radical (unpaired) electrons. The standard InChI is InChI=1S/C16H13N5O2S/c1-9-14(22)17-11-8-10(5-6-12(11)24-9)15(23)18-16-20-19-13-4-2-3-7-21(13)16/h2-9H,1H3,(H,17,22)(H,18,20,23)/t9-/m0/s1. The molecule has 2 amide bonds. The first-order valence-corrected chi connectivity index (χ1v) is 8.22. The average Bonchev–Trinajstić information content (AvgIpc) is 2.99. The third kappa shape index (κ3) is 2.50. The van der Waals surface area contributed by atoms with Gasteiger partial charge in [-0.2, -0.15) is 0 Å². The van der Waals surface area contributed by atoms with Crippen LogP contribution in [0, 0.1) is 0 Å². The van der Waals surface area contributed by atoms with Crippen LogP contribution >= 0.6 is 11.8 Å². The maximum absolute atomic E-state index is 12.5. The van der Waals surface area contributed by atoms with Crippen LogP contribution in [-0.2, 0) is 4.79 Å². The summed E-state index contributed by atoms with van der Waals surface area (Å²) < 4.78 is 1.69. The van der Waals surface area contributed by atoms with Crippen LogP contribution in [0.1, 0.15) is 17.3 Å². The van der Waals surface area contributed by atoms with Gasteiger partial charge in [-0.25, -0.2) is 0 Å². The lowest BCUT2D eigenvalue weighted by atomic mass is 10.2. The van der Waals surface area contributed by atoms with Gasteiger partial charge in [-0.15, -0.1) is 22.0 Å². The summed E-state index contributed by atoms with van der Waals surface area (Å²) in [6, 6.07) is 10.7. The molecule has 2 aromatic heterocycles. The molecule has 0 spiro atoms. The highest BCUT2D eigenvalue weighted by molar-refractivity contribution is 8.00. The number of rotatable bonds is 2. The molecule has 1 aliphatic rings. The van der Waals surface area contributed by atoms with Crippen LogP contribution in [-0.4, -0.2) is 31.7 Å². The molecule has 0 saturated carbocycles. The predicted molar refractivity (Wildman–Crippen MR) is 91.3 cm³/mol. The fraction of sp³-hybridized carbons (Fsp3) is 0.125. The number of nitrogens with zero attached hydrogens (tertiary/aromatic N) is 3. The Bertz CT molecular complexity index is 968. The number of hydrogen-bond acceptors (Lipinski definition) is 5. The molecular weight excluding hydrogens is 326 g/mol. The lowest BCUT2D eigenvalue weighted by Gasteiger charge is -2.21. The molecule has 4 rings (SSSR count). The van der Waals surface area contributed by atoms with Crippen LogP contribution in [0.15, 0.2) is 47.5 Å². The van der Waals surface area contributed by atoms with Crippen molar-refractivity contribution in [2.45, 2.75) is 17.1 Å². The molecule has 0 saturated heterocycles. The SMILES string of the molecule is C[C@@H]1Sc2ccc(C(=O)Nc3nnc4ccccn34)cc2NC1=O. The van der Waals surface area contributed by atoms with Gasteiger partial charge in [0.15, 0.2) is 5.65 Å². The second kappa shape index (κ2) is 5.64. The molecule has 2 N–H and O–H groups in total. The minimum absolute atomic E-state index is 0.0616. The Labute approximate surface area is 141 Å². The summed E-state index contributed by atoms with van der Waals surface area (Å²) in [5, 5.41) is 13.4. The number of hydrogen-bond donors (Lipinski definition) is 2. The van der Waals surface area contributed by atoms with Crippen molar-refractivity contribution >= 4 is 40.9 Å². The van der Waals surface area contributed by atoms with Crippen LogP contribution < -0.4 is 10.6 Å². The average molecular weight is 339 g/mol. The molecule has 7 nitrogen and oxygen atoms in total. The van der Waals surface area contributed by atoms with Gasteiger partial charge in [0.2, 0.25) is 11.9 Å². The molecule has 0 unspecified atom stereocenters. The van der Waals surface area contributed by atoms with E-state index in [2.05, 4.69) is 20.8 Å². The second-order valence-electron chi connectivity index (χ2n) is 5.37. The van der Waals surface area contributed by atoms with Crippen LogP contribution in [0.5, 0.6) is 0 Å². The first-order chi connectivity index (χ1) is 11.6. The second-order valence-corrected chi connectivity index (χ2v) is 6.75. The van der Waals surface area contributed by atoms with E-state index >= 15 is 0 Å². The van der Waals surface area contributed by atoms with Gasteiger partial charge in [0.1, 0.15) is 0 Å². The van der Waals surface area contributed by atoms with Gasteiger partial charge < -0.3 is 5.32 Å². The Kier molecular flexibility index (Phi) is 3.46. The summed E-state index contributed by atoms with van der Waals surface area (Å²) in [4.78, 5) is 25.2. The van der Waals surface area contributed by atoms with E-state index in [4.69, 9.17) is 0 Å². The van der Waals surface area contributed by atoms with Crippen molar-refractivity contribution < 1.29 is 9.59 Å². The van der Waals surface area contributed by atoms with E-state index in [0.717, 1.165) is 4.90 Å². The van der Waals surface area contributed by atoms with Crippen LogP contribution in [0.25, 0.3) is 5.65 Å². The van der Waals surface area contributed by atoms with Gasteiger partial charge in [0.25, 0.3) is 5.91 Å². The highest BCUT2D eigenvalue weighted by Crippen LogP contribution is 2.36. The molecule has 120 valence electrons. The van der Waals surface area contributed by atoms with Crippen molar-refractivity contribution in [1.29, 1.82) is 0 Å². The molecule has 0 aliphatic carbocycles. The number of thioether (sulfide) groups is 1. The summed E-state index contributed by atoms with van der Waals surface area (Å²) in [5.41, 5.74) is 1.75. The lowest BCUT2D eigenvalue weighted by Crippen LogP contribution is -2.26. The van der Waals surface area contributed by atoms with Gasteiger partial charge >= 0.3 is 0 Å². The van der Waals surface area contributed by atoms with Crippen molar-refractivity contribution in [3.8, 4) is 0 Å². The molecule has 0 fully saturated rings. The molecule has 8 heteroatoms. The number of carbonyl (C=O) groups is 2. The number of pyridine rings is 1. The van der Waals surface area contributed by atoms with E-state index in [1.54, 1.807) is 28.8 Å². The van der Waals surface area contributed by atoms with Crippen LogP contribution in [0.3, 0.4) is 0 Å². The fourth-order valence-electron chi connectivity index (χ4n) is 2.45. The van der Waals surface area contributed by atoms with Crippen molar-refractivity contribution in [2.24, 2.45) is 0 Å². The summed E-state index contributed by atoms with van der Waals surface area (Å²) in [7, 11) is 0. The molecule has 24 heavy (non-hydrogen) atoms. The third-order valence-electron chi connectivity index (χ3n) is 3.71. The first-order valence-electron chi connectivity index (χ1n) is 7.34. The quantitative estimate of drug-likeness (QED) is 0.748. The number of fused-ring (bicyclic) bond motifs is 2. The van der Waals surface area contributed by atoms with Crippen molar-refractivity contribution in [1.82, 2.24) is 14.6 Å². The van der Waals surface area contributed by atoms with Crippen molar-refractivity contribution in [3.63, 3.8) is 0 Å². The maximum atomic E-state index is 12.5. The Hall–Kier alpha value is -2.87. The van der Waals surface area contributed by atoms with E-state index < -0.39 is 0 Å². The third-order valence-corrected chi connectivity index (χ3v) is 4.89. The van der Waals surface area contributed by atoms with Gasteiger partial charge in [0, 0.05) is 16.7 Å². The Balaban J connectivity index is 1.61. The number of aromatic nitrogens is 3. The van der Waals surface area contributed by atoms with Gasteiger partial charge in [0.05, 0.1) is 10.9 Å². The number of carbonyl (C=O) groups excluding carboxylic acids is 2. The minimum atomic E-state index is -0.311. The van der Waals surface area contributed by atoms with Crippen molar-refractivity contribution in [3.05, 3.63) is 48.2 Å². The highest BCUT2D eigenvalue weighted by Gasteiger charge is 2.24. The molecule has 1 aliphatic heterocycles. The van der Waals surface area contributed by atoms with E-state index in [1.807, 2.05) is 25.1 Å². The first kappa shape index (κ1) is 14.7. The predicted octanol–water partition coefficient (Wildman–Crippen LogP) is 2.41. The summed E-state index contributed by atoms with van der Waals surface area (Å²) in [6.07, 6.45) is 1.77. The molecule has 1 atom stereocenters. The Morgan fingerprint density at radius 3 is 3.04 bits per heavy atom. The van der Waals surface area contributed by atoms with E-state index in [1.165, 1.54) is 11.8 Å². The number of benzene rings is 1. The number of nitrogens with one attached hydrogen (secondary N) is 2. The Morgan fingerprint density at radius 1 is 1.29 bits per heavy atom. The van der Waals surface area contributed by atoms with E-state index in [-0.39, 0.29) is 17.1 Å². The number of amides is 2. The zero-order valence-corrected chi connectivity index (χ0v) is 13.5. The van der Waals surface area contributed by atoms with Gasteiger partial charge in [-0.1, -0.05) is 6.07 Å². The van der Waals surface area contributed by atoms with Crippen LogP contribution in [0.2, 0.25) is 0 Å². The topological polar surface area (TPSA) is 88.4 Å². The van der Waals surface area contributed by atoms with Crippen molar-refractivity contribution in [2.75, 3.05) is 10.6 Å². The zero-order chi connectivity index (χ0) is 16.7. The minimum Gasteiger partial charge on any atom is -0.324 e. The van der Waals surface area contributed by atoms with E-state index in [9.17, 15) is 9.59 Å². The molecule has 3 aromatic rings. The number of anilines is 2. The fourth-order valence-corrected chi connectivity index (χ4v) is 3.38. The zero-order valence-electron chi connectivity index (χ0n) is 12.7. The lowest BCUT2D eigenvalue weighted by molar-refractivity contribution is -0.115. The Morgan fingerprint density at radius 2 is 2.17 bits per heavy atom. The van der Waals surface area contributed by atoms with E-state index in [0.29, 0.717) is 22.8 Å². The molecular formula is C16H13N5O2S. The van der Waals surface area contributed by atoms with Crippen LogP contribution in [0.4, 0.5) is 11.6 Å². The highest BCUT2D eigenvalue weighted by atomic mass is 32.2. The molecule has 3 heterocycles. The maximum Gasteiger partial charge on any atom is 0.258 e. The largest absolute Gasteiger partial charge is 0.324 e. The molecule has 1 aromatic carbocycles. The summed E-state index contributed by atoms with van der Waals surface area (Å²) in [6.45, 7) is 1.85. The summed E-state index contributed by atoms with van der Waals surface area (Å²) >= 11 is 1.48. The normalized spacial score (nSPS) is 16.5. The smallest absolute Gasteiger partial charge is 0.258 e. The van der Waals surface area contributed by atoms with Gasteiger partial charge in [-0.05, 0) is 37.3 Å². The monoisotopic (exact) mass is 339 g/mol. The summed E-state index contributed by atoms with van der Waals surface area (Å²) in [5.74, 6) is -0.0253. The molecule has 0 bridgehead atoms. The van der Waals surface area contributed by atoms with Gasteiger partial charge in [-0.3, -0.25) is 19.3 Å².